The monoisotopic (exact) mass is 353 g/mol. The van der Waals surface area contributed by atoms with Crippen molar-refractivity contribution in [1.29, 1.82) is 0 Å². The summed E-state index contributed by atoms with van der Waals surface area (Å²) in [6, 6.07) is 0.420. The van der Waals surface area contributed by atoms with E-state index in [2.05, 4.69) is 46.5 Å². The zero-order valence-corrected chi connectivity index (χ0v) is 11.8. The van der Waals surface area contributed by atoms with E-state index in [1.54, 1.807) is 0 Å². The summed E-state index contributed by atoms with van der Waals surface area (Å²) in [6.07, 6.45) is -3.61. The van der Waals surface area contributed by atoms with Gasteiger partial charge in [-0.05, 0) is 18.9 Å². The van der Waals surface area contributed by atoms with Crippen LogP contribution in [0.25, 0.3) is 0 Å². The molecular weight excluding hydrogens is 334 g/mol. The van der Waals surface area contributed by atoms with Crippen molar-refractivity contribution in [2.45, 2.75) is 32.5 Å². The van der Waals surface area contributed by atoms with Crippen LogP contribution in [0.1, 0.15) is 20.3 Å². The molecule has 0 amide bonds. The average Bonchev–Trinajstić information content (AvgIpc) is 2.14. The number of alkyl halides is 4. The Balaban J connectivity index is 3.39. The molecule has 2 nitrogen and oxygen atoms in total. The first-order valence-corrected chi connectivity index (χ1v) is 6.83. The maximum absolute atomic E-state index is 11.7. The molecule has 98 valence electrons. The van der Waals surface area contributed by atoms with Gasteiger partial charge in [0.05, 0.1) is 0 Å². The molecule has 1 N–H and O–H groups in total. The smallest absolute Gasteiger partial charge is 0.372 e. The lowest BCUT2D eigenvalue weighted by Crippen LogP contribution is -2.36. The summed E-state index contributed by atoms with van der Waals surface area (Å²) in [4.78, 5) is 0. The van der Waals surface area contributed by atoms with E-state index in [-0.39, 0.29) is 6.61 Å². The maximum Gasteiger partial charge on any atom is 0.411 e. The first kappa shape index (κ1) is 16.4. The predicted octanol–water partition coefficient (Wildman–Crippen LogP) is 3.00. The SMILES string of the molecule is CC(C)C(CI)NCCCOCC(F)(F)F. The highest BCUT2D eigenvalue weighted by molar-refractivity contribution is 14.1. The van der Waals surface area contributed by atoms with Gasteiger partial charge in [0.25, 0.3) is 0 Å². The second kappa shape index (κ2) is 8.52. The topological polar surface area (TPSA) is 21.3 Å². The third-order valence-corrected chi connectivity index (χ3v) is 3.06. The Morgan fingerprint density at radius 2 is 1.94 bits per heavy atom. The quantitative estimate of drug-likeness (QED) is 0.412. The predicted molar refractivity (Wildman–Crippen MR) is 67.0 cm³/mol. The van der Waals surface area contributed by atoms with E-state index in [9.17, 15) is 13.2 Å². The highest BCUT2D eigenvalue weighted by atomic mass is 127. The lowest BCUT2D eigenvalue weighted by Gasteiger charge is -2.19. The van der Waals surface area contributed by atoms with Crippen LogP contribution in [0.2, 0.25) is 0 Å². The molecule has 0 radical (unpaired) electrons. The summed E-state index contributed by atoms with van der Waals surface area (Å²) >= 11 is 2.30. The minimum absolute atomic E-state index is 0.151. The zero-order chi connectivity index (χ0) is 12.6. The van der Waals surface area contributed by atoms with Crippen molar-refractivity contribution < 1.29 is 17.9 Å². The van der Waals surface area contributed by atoms with Crippen molar-refractivity contribution in [1.82, 2.24) is 5.32 Å². The molecule has 0 fully saturated rings. The molecule has 1 unspecified atom stereocenters. The van der Waals surface area contributed by atoms with Gasteiger partial charge in [-0.2, -0.15) is 13.2 Å². The second-order valence-electron chi connectivity index (χ2n) is 3.98. The minimum atomic E-state index is -4.21. The Hall–Kier alpha value is 0.440. The van der Waals surface area contributed by atoms with Gasteiger partial charge >= 0.3 is 6.18 Å². The highest BCUT2D eigenvalue weighted by Gasteiger charge is 2.27. The van der Waals surface area contributed by atoms with Gasteiger partial charge in [-0.3, -0.25) is 0 Å². The summed E-state index contributed by atoms with van der Waals surface area (Å²) in [5.74, 6) is 0.535. The van der Waals surface area contributed by atoms with Crippen molar-refractivity contribution in [2.75, 3.05) is 24.2 Å². The standard InChI is InChI=1S/C10H19F3INO/c1-8(2)9(6-14)15-4-3-5-16-7-10(11,12)13/h8-9,15H,3-7H2,1-2H3. The number of ether oxygens (including phenoxy) is 1. The molecule has 6 heteroatoms. The van der Waals surface area contributed by atoms with E-state index in [1.807, 2.05) is 0 Å². The van der Waals surface area contributed by atoms with Crippen LogP contribution < -0.4 is 5.32 Å². The van der Waals surface area contributed by atoms with E-state index in [0.29, 0.717) is 24.9 Å². The molecule has 0 aromatic heterocycles. The molecule has 0 saturated carbocycles. The highest BCUT2D eigenvalue weighted by Crippen LogP contribution is 2.14. The molecule has 0 aliphatic rings. The lowest BCUT2D eigenvalue weighted by molar-refractivity contribution is -0.173. The van der Waals surface area contributed by atoms with Gasteiger partial charge in [0, 0.05) is 17.1 Å². The second-order valence-corrected chi connectivity index (χ2v) is 4.86. The first-order chi connectivity index (χ1) is 7.37. The summed E-state index contributed by atoms with van der Waals surface area (Å²) in [5, 5.41) is 3.30. The fourth-order valence-corrected chi connectivity index (χ4v) is 2.45. The van der Waals surface area contributed by atoms with E-state index in [4.69, 9.17) is 0 Å². The van der Waals surface area contributed by atoms with Gasteiger partial charge in [0.1, 0.15) is 6.61 Å². The summed E-state index contributed by atoms with van der Waals surface area (Å²) in [5.41, 5.74) is 0. The van der Waals surface area contributed by atoms with Crippen LogP contribution in [-0.4, -0.2) is 36.4 Å². The van der Waals surface area contributed by atoms with Crippen LogP contribution in [0.4, 0.5) is 13.2 Å². The molecule has 0 heterocycles. The van der Waals surface area contributed by atoms with Gasteiger partial charge < -0.3 is 10.1 Å². The Morgan fingerprint density at radius 3 is 2.38 bits per heavy atom. The Labute approximate surface area is 108 Å². The molecule has 1 atom stereocenters. The van der Waals surface area contributed by atoms with Crippen molar-refractivity contribution in [2.24, 2.45) is 5.92 Å². The maximum atomic E-state index is 11.7. The van der Waals surface area contributed by atoms with Crippen molar-refractivity contribution in [3.05, 3.63) is 0 Å². The van der Waals surface area contributed by atoms with Crippen LogP contribution in [0.5, 0.6) is 0 Å². The third-order valence-electron chi connectivity index (χ3n) is 2.11. The molecule has 0 aromatic rings. The Kier molecular flexibility index (Phi) is 8.75. The largest absolute Gasteiger partial charge is 0.411 e. The van der Waals surface area contributed by atoms with Gasteiger partial charge in [-0.15, -0.1) is 0 Å². The number of hydrogen-bond acceptors (Lipinski definition) is 2. The summed E-state index contributed by atoms with van der Waals surface area (Å²) in [7, 11) is 0. The molecule has 0 saturated heterocycles. The zero-order valence-electron chi connectivity index (χ0n) is 9.61. The normalized spacial score (nSPS) is 14.4. The Bertz CT molecular complexity index is 176. The number of halogens is 4. The number of hydrogen-bond donors (Lipinski definition) is 1. The molecule has 0 aliphatic carbocycles. The van der Waals surface area contributed by atoms with E-state index in [1.165, 1.54) is 0 Å². The molecule has 0 bridgehead atoms. The summed E-state index contributed by atoms with van der Waals surface area (Å²) < 4.78 is 40.6. The van der Waals surface area contributed by atoms with Gasteiger partial charge in [-0.25, -0.2) is 0 Å². The van der Waals surface area contributed by atoms with Gasteiger partial charge in [0.2, 0.25) is 0 Å². The lowest BCUT2D eigenvalue weighted by atomic mass is 10.1. The summed E-state index contributed by atoms with van der Waals surface area (Å²) in [6.45, 7) is 3.95. The number of nitrogens with one attached hydrogen (secondary N) is 1. The molecule has 0 aliphatic heterocycles. The molecular formula is C10H19F3INO. The van der Waals surface area contributed by atoms with Gasteiger partial charge in [-0.1, -0.05) is 36.4 Å². The van der Waals surface area contributed by atoms with Crippen LogP contribution >= 0.6 is 22.6 Å². The fraction of sp³-hybridized carbons (Fsp3) is 1.00. The van der Waals surface area contributed by atoms with E-state index in [0.717, 1.165) is 4.43 Å². The minimum Gasteiger partial charge on any atom is -0.372 e. The van der Waals surface area contributed by atoms with E-state index < -0.39 is 12.8 Å². The molecule has 0 rings (SSSR count). The van der Waals surface area contributed by atoms with Crippen molar-refractivity contribution in [3.63, 3.8) is 0 Å². The van der Waals surface area contributed by atoms with Crippen molar-refractivity contribution in [3.8, 4) is 0 Å². The average molecular weight is 353 g/mol. The fourth-order valence-electron chi connectivity index (χ4n) is 1.12. The molecule has 16 heavy (non-hydrogen) atoms. The molecule has 0 spiro atoms. The number of rotatable bonds is 8. The molecule has 0 aromatic carbocycles. The van der Waals surface area contributed by atoms with E-state index >= 15 is 0 Å². The van der Waals surface area contributed by atoms with Crippen LogP contribution in [0.3, 0.4) is 0 Å². The van der Waals surface area contributed by atoms with Crippen molar-refractivity contribution >= 4 is 22.6 Å². The van der Waals surface area contributed by atoms with Gasteiger partial charge in [0.15, 0.2) is 0 Å². The third kappa shape index (κ3) is 9.65. The Morgan fingerprint density at radius 1 is 1.31 bits per heavy atom. The first-order valence-electron chi connectivity index (χ1n) is 5.30. The van der Waals surface area contributed by atoms with Crippen LogP contribution in [-0.2, 0) is 4.74 Å². The van der Waals surface area contributed by atoms with Crippen LogP contribution in [0.15, 0.2) is 0 Å². The van der Waals surface area contributed by atoms with Crippen LogP contribution in [0, 0.1) is 5.92 Å².